The van der Waals surface area contributed by atoms with Gasteiger partial charge in [0, 0.05) is 7.05 Å². The molecule has 0 N–H and O–H groups in total. The van der Waals surface area contributed by atoms with E-state index in [4.69, 9.17) is 5.26 Å². The summed E-state index contributed by atoms with van der Waals surface area (Å²) in [4.78, 5) is 3.93. The van der Waals surface area contributed by atoms with Crippen LogP contribution in [0.3, 0.4) is 0 Å². The molecule has 0 aliphatic heterocycles. The second-order valence-corrected chi connectivity index (χ2v) is 1.90. The first-order chi connectivity index (χ1) is 5.25. The first-order valence-electron chi connectivity index (χ1n) is 3.63. The van der Waals surface area contributed by atoms with Gasteiger partial charge in [-0.1, -0.05) is 13.8 Å². The SMILES string of the molecule is CC.Cc1ncn(C)c1C#N. The molecular weight excluding hydrogens is 138 g/mol. The molecule has 0 amide bonds. The maximum atomic E-state index is 8.48. The highest BCUT2D eigenvalue weighted by Crippen LogP contribution is 2.00. The van der Waals surface area contributed by atoms with E-state index in [1.807, 2.05) is 26.8 Å². The van der Waals surface area contributed by atoms with E-state index in [0.29, 0.717) is 5.69 Å². The fraction of sp³-hybridized carbons (Fsp3) is 0.500. The van der Waals surface area contributed by atoms with Crippen molar-refractivity contribution in [3.63, 3.8) is 0 Å². The zero-order valence-electron chi connectivity index (χ0n) is 7.42. The van der Waals surface area contributed by atoms with Gasteiger partial charge in [-0.2, -0.15) is 5.26 Å². The number of nitriles is 1. The molecule has 0 fully saturated rings. The van der Waals surface area contributed by atoms with Crippen LogP contribution in [0.25, 0.3) is 0 Å². The topological polar surface area (TPSA) is 41.6 Å². The molecule has 1 aromatic heterocycles. The van der Waals surface area contributed by atoms with Gasteiger partial charge in [-0.05, 0) is 6.92 Å². The summed E-state index contributed by atoms with van der Waals surface area (Å²) in [5, 5.41) is 8.48. The van der Waals surface area contributed by atoms with Crippen molar-refractivity contribution < 1.29 is 0 Å². The van der Waals surface area contributed by atoms with Gasteiger partial charge in [0.1, 0.15) is 11.8 Å². The minimum atomic E-state index is 0.634. The van der Waals surface area contributed by atoms with Crippen molar-refractivity contribution in [2.24, 2.45) is 7.05 Å². The molecule has 1 rings (SSSR count). The van der Waals surface area contributed by atoms with Crippen LogP contribution in [0, 0.1) is 18.3 Å². The lowest BCUT2D eigenvalue weighted by Gasteiger charge is -1.87. The van der Waals surface area contributed by atoms with Crippen LogP contribution in [0.2, 0.25) is 0 Å². The third-order valence-electron chi connectivity index (χ3n) is 1.23. The summed E-state index contributed by atoms with van der Waals surface area (Å²) in [6.07, 6.45) is 1.63. The highest BCUT2D eigenvalue weighted by atomic mass is 15.0. The van der Waals surface area contributed by atoms with Crippen molar-refractivity contribution in [1.82, 2.24) is 9.55 Å². The second-order valence-electron chi connectivity index (χ2n) is 1.90. The van der Waals surface area contributed by atoms with Gasteiger partial charge in [-0.15, -0.1) is 0 Å². The van der Waals surface area contributed by atoms with E-state index in [0.717, 1.165) is 5.69 Å². The van der Waals surface area contributed by atoms with Crippen molar-refractivity contribution in [3.05, 3.63) is 17.7 Å². The van der Waals surface area contributed by atoms with Crippen LogP contribution in [0.15, 0.2) is 6.33 Å². The highest BCUT2D eigenvalue weighted by molar-refractivity contribution is 5.25. The van der Waals surface area contributed by atoms with Crippen LogP contribution >= 0.6 is 0 Å². The smallest absolute Gasteiger partial charge is 0.142 e. The summed E-state index contributed by atoms with van der Waals surface area (Å²) in [6, 6.07) is 2.04. The van der Waals surface area contributed by atoms with Crippen molar-refractivity contribution in [2.75, 3.05) is 0 Å². The zero-order chi connectivity index (χ0) is 8.85. The van der Waals surface area contributed by atoms with E-state index in [1.165, 1.54) is 0 Å². The molecule has 3 heteroatoms. The van der Waals surface area contributed by atoms with Crippen molar-refractivity contribution in [1.29, 1.82) is 5.26 Å². The molecule has 0 saturated heterocycles. The minimum absolute atomic E-state index is 0.634. The van der Waals surface area contributed by atoms with Gasteiger partial charge in [0.15, 0.2) is 0 Å². The third kappa shape index (κ3) is 2.08. The van der Waals surface area contributed by atoms with Crippen molar-refractivity contribution in [3.8, 4) is 6.07 Å². The second kappa shape index (κ2) is 4.51. The van der Waals surface area contributed by atoms with E-state index >= 15 is 0 Å². The molecule has 0 radical (unpaired) electrons. The van der Waals surface area contributed by atoms with Crippen LogP contribution in [0.1, 0.15) is 25.2 Å². The largest absolute Gasteiger partial charge is 0.325 e. The summed E-state index contributed by atoms with van der Waals surface area (Å²) in [5.41, 5.74) is 1.43. The Morgan fingerprint density at radius 3 is 2.27 bits per heavy atom. The van der Waals surface area contributed by atoms with Gasteiger partial charge in [-0.25, -0.2) is 4.98 Å². The maximum absolute atomic E-state index is 8.48. The summed E-state index contributed by atoms with van der Waals surface area (Å²) in [6.45, 7) is 5.82. The average Bonchev–Trinajstić information content (AvgIpc) is 2.35. The van der Waals surface area contributed by atoms with Gasteiger partial charge in [0.2, 0.25) is 0 Å². The summed E-state index contributed by atoms with van der Waals surface area (Å²) in [7, 11) is 1.80. The molecule has 0 aromatic carbocycles. The van der Waals surface area contributed by atoms with E-state index in [2.05, 4.69) is 4.98 Å². The van der Waals surface area contributed by atoms with Crippen LogP contribution in [0.5, 0.6) is 0 Å². The van der Waals surface area contributed by atoms with Gasteiger partial charge in [0.05, 0.1) is 12.0 Å². The normalized spacial score (nSPS) is 7.91. The number of nitrogens with zero attached hydrogens (tertiary/aromatic N) is 3. The molecule has 0 aliphatic carbocycles. The van der Waals surface area contributed by atoms with Crippen molar-refractivity contribution in [2.45, 2.75) is 20.8 Å². The molecule has 0 unspecified atom stereocenters. The fourth-order valence-electron chi connectivity index (χ4n) is 0.707. The quantitative estimate of drug-likeness (QED) is 0.565. The molecule has 1 aromatic rings. The first-order valence-corrected chi connectivity index (χ1v) is 3.63. The molecule has 11 heavy (non-hydrogen) atoms. The van der Waals surface area contributed by atoms with Crippen LogP contribution in [-0.2, 0) is 7.05 Å². The van der Waals surface area contributed by atoms with Gasteiger partial charge in [-0.3, -0.25) is 0 Å². The van der Waals surface area contributed by atoms with E-state index < -0.39 is 0 Å². The monoisotopic (exact) mass is 151 g/mol. The standard InChI is InChI=1S/C6H7N3.C2H6/c1-5-6(3-7)9(2)4-8-5;1-2/h4H,1-2H3;1-2H3. The van der Waals surface area contributed by atoms with E-state index in [1.54, 1.807) is 17.9 Å². The molecular formula is C8H13N3. The predicted octanol–water partition coefficient (Wildman–Crippen LogP) is 1.63. The lowest BCUT2D eigenvalue weighted by atomic mass is 10.4. The molecule has 0 bridgehead atoms. The number of imidazole rings is 1. The summed E-state index contributed by atoms with van der Waals surface area (Å²) < 4.78 is 1.70. The molecule has 3 nitrogen and oxygen atoms in total. The Bertz CT molecular complexity index is 235. The summed E-state index contributed by atoms with van der Waals surface area (Å²) >= 11 is 0. The molecule has 1 heterocycles. The molecule has 0 saturated carbocycles. The Hall–Kier alpha value is -1.30. The van der Waals surface area contributed by atoms with Crippen LogP contribution < -0.4 is 0 Å². The average molecular weight is 151 g/mol. The zero-order valence-corrected chi connectivity index (χ0v) is 7.42. The van der Waals surface area contributed by atoms with Gasteiger partial charge < -0.3 is 4.57 Å². The summed E-state index contributed by atoms with van der Waals surface area (Å²) in [5.74, 6) is 0. The Balaban J connectivity index is 0.000000461. The Morgan fingerprint density at radius 2 is 2.09 bits per heavy atom. The number of aryl methyl sites for hydroxylation is 2. The van der Waals surface area contributed by atoms with E-state index in [9.17, 15) is 0 Å². The van der Waals surface area contributed by atoms with E-state index in [-0.39, 0.29) is 0 Å². The van der Waals surface area contributed by atoms with Crippen LogP contribution in [0.4, 0.5) is 0 Å². The number of rotatable bonds is 0. The fourth-order valence-corrected chi connectivity index (χ4v) is 0.707. The number of aromatic nitrogens is 2. The van der Waals surface area contributed by atoms with Gasteiger partial charge >= 0.3 is 0 Å². The molecule has 0 aliphatic rings. The molecule has 0 atom stereocenters. The Kier molecular flexibility index (Phi) is 3.97. The number of hydrogen-bond donors (Lipinski definition) is 0. The predicted molar refractivity (Wildman–Crippen MR) is 44.0 cm³/mol. The third-order valence-corrected chi connectivity index (χ3v) is 1.23. The minimum Gasteiger partial charge on any atom is -0.325 e. The molecule has 0 spiro atoms. The van der Waals surface area contributed by atoms with Crippen molar-refractivity contribution >= 4 is 0 Å². The maximum Gasteiger partial charge on any atom is 0.142 e. The Labute approximate surface area is 67.3 Å². The van der Waals surface area contributed by atoms with Gasteiger partial charge in [0.25, 0.3) is 0 Å². The highest BCUT2D eigenvalue weighted by Gasteiger charge is 1.99. The first kappa shape index (κ1) is 9.70. The van der Waals surface area contributed by atoms with Crippen LogP contribution in [-0.4, -0.2) is 9.55 Å². The molecule has 60 valence electrons. The Morgan fingerprint density at radius 1 is 1.55 bits per heavy atom. The lowest BCUT2D eigenvalue weighted by molar-refractivity contribution is 0.895. The number of hydrogen-bond acceptors (Lipinski definition) is 2. The lowest BCUT2D eigenvalue weighted by Crippen LogP contribution is -1.89.